The predicted molar refractivity (Wildman–Crippen MR) is 89.0 cm³/mol. The third-order valence-electron chi connectivity index (χ3n) is 3.69. The molecular formula is C16H32N2S. The van der Waals surface area contributed by atoms with E-state index < -0.39 is 0 Å². The van der Waals surface area contributed by atoms with Crippen LogP contribution in [0.5, 0.6) is 0 Å². The van der Waals surface area contributed by atoms with E-state index >= 15 is 0 Å². The van der Waals surface area contributed by atoms with E-state index in [9.17, 15) is 0 Å². The molecule has 1 aliphatic rings. The van der Waals surface area contributed by atoms with Crippen LogP contribution >= 0.6 is 11.8 Å². The van der Waals surface area contributed by atoms with Gasteiger partial charge in [-0.05, 0) is 31.1 Å². The molecule has 0 spiro atoms. The zero-order valence-electron chi connectivity index (χ0n) is 13.6. The highest BCUT2D eigenvalue weighted by Crippen LogP contribution is 2.30. The third-order valence-corrected chi connectivity index (χ3v) is 4.63. The van der Waals surface area contributed by atoms with Crippen molar-refractivity contribution in [2.24, 2.45) is 16.3 Å². The smallest absolute Gasteiger partial charge is 0.157 e. The first-order valence-electron chi connectivity index (χ1n) is 7.76. The molecule has 0 bridgehead atoms. The molecule has 0 saturated carbocycles. The van der Waals surface area contributed by atoms with Crippen LogP contribution in [0.3, 0.4) is 0 Å². The second-order valence-electron chi connectivity index (χ2n) is 7.32. The summed E-state index contributed by atoms with van der Waals surface area (Å²) in [5, 5.41) is 4.78. The van der Waals surface area contributed by atoms with Crippen molar-refractivity contribution in [3.63, 3.8) is 0 Å². The van der Waals surface area contributed by atoms with Crippen LogP contribution in [-0.2, 0) is 0 Å². The number of rotatable bonds is 5. The minimum absolute atomic E-state index is 0.286. The normalized spacial score (nSPS) is 22.3. The van der Waals surface area contributed by atoms with Crippen LogP contribution in [0, 0.1) is 11.3 Å². The number of nitrogens with zero attached hydrogens (tertiary/aromatic N) is 1. The molecule has 1 N–H and O–H groups in total. The molecule has 0 fully saturated rings. The van der Waals surface area contributed by atoms with Gasteiger partial charge in [0.25, 0.3) is 0 Å². The monoisotopic (exact) mass is 284 g/mol. The summed E-state index contributed by atoms with van der Waals surface area (Å²) in [5.41, 5.74) is 0.286. The van der Waals surface area contributed by atoms with Crippen molar-refractivity contribution in [2.45, 2.75) is 79.3 Å². The fourth-order valence-electron chi connectivity index (χ4n) is 2.33. The molecule has 3 heteroatoms. The van der Waals surface area contributed by atoms with Gasteiger partial charge in [0, 0.05) is 11.8 Å². The average molecular weight is 285 g/mol. The van der Waals surface area contributed by atoms with Crippen LogP contribution in [0.15, 0.2) is 4.99 Å². The third kappa shape index (κ3) is 6.69. The lowest BCUT2D eigenvalue weighted by Crippen LogP contribution is -2.37. The summed E-state index contributed by atoms with van der Waals surface area (Å²) in [6.45, 7) is 13.8. The van der Waals surface area contributed by atoms with Crippen molar-refractivity contribution in [2.75, 3.05) is 5.75 Å². The molecule has 2 nitrogen and oxygen atoms in total. The Labute approximate surface area is 124 Å². The van der Waals surface area contributed by atoms with Gasteiger partial charge in [-0.1, -0.05) is 59.2 Å². The van der Waals surface area contributed by atoms with Gasteiger partial charge in [-0.25, -0.2) is 0 Å². The lowest BCUT2D eigenvalue weighted by atomic mass is 9.85. The second-order valence-corrected chi connectivity index (χ2v) is 8.41. The molecule has 0 aliphatic carbocycles. The Morgan fingerprint density at radius 3 is 2.53 bits per heavy atom. The van der Waals surface area contributed by atoms with E-state index in [0.29, 0.717) is 12.1 Å². The molecular weight excluding hydrogens is 252 g/mol. The molecule has 0 radical (unpaired) electrons. The van der Waals surface area contributed by atoms with Gasteiger partial charge in [-0.2, -0.15) is 0 Å². The first-order valence-corrected chi connectivity index (χ1v) is 8.74. The highest BCUT2D eigenvalue weighted by atomic mass is 32.2. The quantitative estimate of drug-likeness (QED) is 0.791. The van der Waals surface area contributed by atoms with Crippen molar-refractivity contribution in [1.29, 1.82) is 0 Å². The van der Waals surface area contributed by atoms with Gasteiger partial charge in [-0.3, -0.25) is 4.99 Å². The highest BCUT2D eigenvalue weighted by Gasteiger charge is 2.27. The topological polar surface area (TPSA) is 24.4 Å². The van der Waals surface area contributed by atoms with Crippen molar-refractivity contribution in [3.05, 3.63) is 0 Å². The van der Waals surface area contributed by atoms with Crippen LogP contribution in [0.4, 0.5) is 0 Å². The number of thioether (sulfide) groups is 1. The summed E-state index contributed by atoms with van der Waals surface area (Å²) in [7, 11) is 0. The first-order chi connectivity index (χ1) is 8.79. The van der Waals surface area contributed by atoms with Gasteiger partial charge in [0.2, 0.25) is 0 Å². The molecule has 0 saturated heterocycles. The maximum absolute atomic E-state index is 4.90. The predicted octanol–water partition coefficient (Wildman–Crippen LogP) is 4.70. The molecule has 0 aromatic carbocycles. The number of nitrogens with one attached hydrogen (secondary N) is 1. The average Bonchev–Trinajstić information content (AvgIpc) is 2.27. The number of hydrogen-bond donors (Lipinski definition) is 1. The van der Waals surface area contributed by atoms with Gasteiger partial charge in [0.1, 0.15) is 0 Å². The van der Waals surface area contributed by atoms with Crippen molar-refractivity contribution >= 4 is 16.9 Å². The van der Waals surface area contributed by atoms with E-state index in [-0.39, 0.29) is 5.41 Å². The molecule has 112 valence electrons. The Kier molecular flexibility index (Phi) is 6.72. The largest absolute Gasteiger partial charge is 0.362 e. The number of aliphatic imine (C=N–C) groups is 1. The van der Waals surface area contributed by atoms with Crippen LogP contribution < -0.4 is 5.32 Å². The zero-order chi connectivity index (χ0) is 14.5. The van der Waals surface area contributed by atoms with Crippen LogP contribution in [0.25, 0.3) is 0 Å². The van der Waals surface area contributed by atoms with Crippen LogP contribution in [0.2, 0.25) is 0 Å². The fourth-order valence-corrected chi connectivity index (χ4v) is 3.35. The Morgan fingerprint density at radius 1 is 1.26 bits per heavy atom. The van der Waals surface area contributed by atoms with Gasteiger partial charge >= 0.3 is 0 Å². The molecule has 1 heterocycles. The molecule has 0 aromatic heterocycles. The zero-order valence-corrected chi connectivity index (χ0v) is 14.4. The first kappa shape index (κ1) is 16.9. The van der Waals surface area contributed by atoms with E-state index in [4.69, 9.17) is 4.99 Å². The van der Waals surface area contributed by atoms with E-state index in [1.807, 2.05) is 11.8 Å². The lowest BCUT2D eigenvalue weighted by molar-refractivity contribution is 0.315. The summed E-state index contributed by atoms with van der Waals surface area (Å²) in [4.78, 5) is 4.90. The molecule has 2 unspecified atom stereocenters. The van der Waals surface area contributed by atoms with Crippen molar-refractivity contribution in [3.8, 4) is 0 Å². The standard InChI is InChI=1S/C16H32N2S/c1-12(2)8-7-9-13(3)17-15-18-14(10-11-19-15)16(4,5)6/h12-14H,7-11H2,1-6H3,(H,17,18). The Morgan fingerprint density at radius 2 is 1.95 bits per heavy atom. The highest BCUT2D eigenvalue weighted by molar-refractivity contribution is 8.13. The van der Waals surface area contributed by atoms with Crippen molar-refractivity contribution in [1.82, 2.24) is 5.32 Å². The van der Waals surface area contributed by atoms with E-state index in [1.54, 1.807) is 0 Å². The SMILES string of the molecule is CC(C)CCCC(C)NC1=NC(C(C)(C)C)CCS1. The molecule has 0 aromatic rings. The Bertz CT molecular complexity index is 292. The Hall–Kier alpha value is -0.180. The molecule has 1 aliphatic heterocycles. The maximum atomic E-state index is 4.90. The second kappa shape index (κ2) is 7.56. The summed E-state index contributed by atoms with van der Waals surface area (Å²) >= 11 is 1.89. The molecule has 2 atom stereocenters. The molecule has 19 heavy (non-hydrogen) atoms. The fraction of sp³-hybridized carbons (Fsp3) is 0.938. The van der Waals surface area contributed by atoms with Crippen molar-refractivity contribution < 1.29 is 0 Å². The van der Waals surface area contributed by atoms with Gasteiger partial charge in [0.15, 0.2) is 5.17 Å². The van der Waals surface area contributed by atoms with E-state index in [2.05, 4.69) is 46.9 Å². The molecule has 1 rings (SSSR count). The summed E-state index contributed by atoms with van der Waals surface area (Å²) in [6.07, 6.45) is 5.10. The van der Waals surface area contributed by atoms with E-state index in [0.717, 1.165) is 5.92 Å². The Balaban J connectivity index is 2.40. The van der Waals surface area contributed by atoms with E-state index in [1.165, 1.54) is 36.6 Å². The minimum atomic E-state index is 0.286. The van der Waals surface area contributed by atoms with Crippen LogP contribution in [-0.4, -0.2) is 23.0 Å². The lowest BCUT2D eigenvalue weighted by Gasteiger charge is -2.31. The molecule has 0 amide bonds. The summed E-state index contributed by atoms with van der Waals surface area (Å²) in [5.74, 6) is 2.02. The summed E-state index contributed by atoms with van der Waals surface area (Å²) in [6, 6.07) is 1.02. The van der Waals surface area contributed by atoms with Gasteiger partial charge < -0.3 is 5.32 Å². The summed E-state index contributed by atoms with van der Waals surface area (Å²) < 4.78 is 0. The van der Waals surface area contributed by atoms with Crippen LogP contribution in [0.1, 0.15) is 67.2 Å². The number of amidine groups is 1. The number of hydrogen-bond acceptors (Lipinski definition) is 3. The van der Waals surface area contributed by atoms with Gasteiger partial charge in [0.05, 0.1) is 6.04 Å². The maximum Gasteiger partial charge on any atom is 0.157 e. The minimum Gasteiger partial charge on any atom is -0.362 e. The van der Waals surface area contributed by atoms with Gasteiger partial charge in [-0.15, -0.1) is 0 Å².